The van der Waals surface area contributed by atoms with Crippen LogP contribution in [0, 0.1) is 0 Å². The summed E-state index contributed by atoms with van der Waals surface area (Å²) in [4.78, 5) is 26.1. The number of nitrogens with one attached hydrogen (secondary N) is 1. The van der Waals surface area contributed by atoms with E-state index < -0.39 is 0 Å². The maximum absolute atomic E-state index is 13.1. The van der Waals surface area contributed by atoms with Crippen molar-refractivity contribution in [1.29, 1.82) is 0 Å². The highest BCUT2D eigenvalue weighted by atomic mass is 16.5. The molecular formula is C22H26N2O4. The lowest BCUT2D eigenvalue weighted by Gasteiger charge is -2.26. The van der Waals surface area contributed by atoms with Crippen LogP contribution in [0.5, 0.6) is 11.5 Å². The third kappa shape index (κ3) is 4.27. The Kier molecular flexibility index (Phi) is 6.19. The Balaban J connectivity index is 1.79. The molecule has 28 heavy (non-hydrogen) atoms. The molecule has 0 aromatic heterocycles. The lowest BCUT2D eigenvalue weighted by Crippen LogP contribution is -2.30. The van der Waals surface area contributed by atoms with E-state index >= 15 is 0 Å². The second-order valence-corrected chi connectivity index (χ2v) is 6.87. The second kappa shape index (κ2) is 8.78. The Morgan fingerprint density at radius 1 is 1.11 bits per heavy atom. The fourth-order valence-electron chi connectivity index (χ4n) is 3.58. The molecule has 1 fully saturated rings. The molecule has 2 aromatic rings. The number of hydrogen-bond acceptors (Lipinski definition) is 4. The molecule has 0 spiro atoms. The minimum absolute atomic E-state index is 0.00597. The van der Waals surface area contributed by atoms with Crippen LogP contribution < -0.4 is 14.8 Å². The zero-order valence-corrected chi connectivity index (χ0v) is 16.5. The van der Waals surface area contributed by atoms with Gasteiger partial charge in [-0.15, -0.1) is 0 Å². The van der Waals surface area contributed by atoms with Crippen molar-refractivity contribution < 1.29 is 19.1 Å². The molecule has 0 bridgehead atoms. The number of carbonyl (C=O) groups is 2. The van der Waals surface area contributed by atoms with Crippen molar-refractivity contribution in [2.24, 2.45) is 0 Å². The van der Waals surface area contributed by atoms with Crippen molar-refractivity contribution in [2.45, 2.75) is 32.4 Å². The van der Waals surface area contributed by atoms with Crippen molar-refractivity contribution in [1.82, 2.24) is 10.2 Å². The van der Waals surface area contributed by atoms with Crippen LogP contribution >= 0.6 is 0 Å². The van der Waals surface area contributed by atoms with Gasteiger partial charge in [-0.2, -0.15) is 0 Å². The van der Waals surface area contributed by atoms with E-state index in [0.29, 0.717) is 18.7 Å². The number of likely N-dealkylation sites (tertiary alicyclic amines) is 1. The van der Waals surface area contributed by atoms with Crippen LogP contribution in [0.25, 0.3) is 0 Å². The van der Waals surface area contributed by atoms with Crippen LogP contribution in [-0.2, 0) is 11.3 Å². The Labute approximate surface area is 165 Å². The van der Waals surface area contributed by atoms with Crippen molar-refractivity contribution in [2.75, 3.05) is 20.8 Å². The average molecular weight is 382 g/mol. The van der Waals surface area contributed by atoms with Gasteiger partial charge >= 0.3 is 0 Å². The number of nitrogens with zero attached hydrogens (tertiary/aromatic N) is 1. The first-order valence-corrected chi connectivity index (χ1v) is 9.39. The summed E-state index contributed by atoms with van der Waals surface area (Å²) in [5.74, 6) is 1.39. The van der Waals surface area contributed by atoms with Crippen molar-refractivity contribution >= 4 is 11.8 Å². The summed E-state index contributed by atoms with van der Waals surface area (Å²) in [7, 11) is 3.25. The SMILES string of the molecule is COc1ccc([C@H]2CCCN2C(=O)c2ccc(CNC(C)=O)cc2)c(OC)c1. The monoisotopic (exact) mass is 382 g/mol. The molecule has 1 aliphatic rings. The first-order valence-electron chi connectivity index (χ1n) is 9.39. The minimum Gasteiger partial charge on any atom is -0.497 e. The Morgan fingerprint density at radius 2 is 1.86 bits per heavy atom. The number of ether oxygens (including phenoxy) is 2. The standard InChI is InChI=1S/C22H26N2O4/c1-15(25)23-14-16-6-8-17(9-7-16)22(26)24-12-4-5-20(24)19-11-10-18(27-2)13-21(19)28-3/h6-11,13,20H,4-5,12,14H2,1-3H3,(H,23,25)/t20-/m1/s1. The van der Waals surface area contributed by atoms with Gasteiger partial charge in [-0.3, -0.25) is 9.59 Å². The molecular weight excluding hydrogens is 356 g/mol. The lowest BCUT2D eigenvalue weighted by molar-refractivity contribution is -0.119. The van der Waals surface area contributed by atoms with Crippen molar-refractivity contribution in [3.8, 4) is 11.5 Å². The van der Waals surface area contributed by atoms with Crippen LogP contribution in [0.15, 0.2) is 42.5 Å². The fourth-order valence-corrected chi connectivity index (χ4v) is 3.58. The zero-order chi connectivity index (χ0) is 20.1. The topological polar surface area (TPSA) is 67.9 Å². The van der Waals surface area contributed by atoms with E-state index in [1.165, 1.54) is 6.92 Å². The molecule has 3 rings (SSSR count). The number of carbonyl (C=O) groups excluding carboxylic acids is 2. The molecule has 148 valence electrons. The van der Waals surface area contributed by atoms with Gasteiger partial charge in [-0.05, 0) is 42.7 Å². The summed E-state index contributed by atoms with van der Waals surface area (Å²) < 4.78 is 10.8. The molecule has 2 amide bonds. The van der Waals surface area contributed by atoms with E-state index in [1.54, 1.807) is 14.2 Å². The smallest absolute Gasteiger partial charge is 0.254 e. The van der Waals surface area contributed by atoms with Crippen LogP contribution in [0.2, 0.25) is 0 Å². The first kappa shape index (κ1) is 19.7. The van der Waals surface area contributed by atoms with Gasteiger partial charge in [0.1, 0.15) is 11.5 Å². The molecule has 2 aromatic carbocycles. The number of hydrogen-bond donors (Lipinski definition) is 1. The highest BCUT2D eigenvalue weighted by Gasteiger charge is 2.32. The molecule has 0 unspecified atom stereocenters. The van der Waals surface area contributed by atoms with Crippen molar-refractivity contribution in [3.63, 3.8) is 0 Å². The average Bonchev–Trinajstić information content (AvgIpc) is 3.21. The molecule has 6 heteroatoms. The van der Waals surface area contributed by atoms with Crippen LogP contribution in [-0.4, -0.2) is 37.5 Å². The Morgan fingerprint density at radius 3 is 2.50 bits per heavy atom. The van der Waals surface area contributed by atoms with Gasteiger partial charge in [-0.1, -0.05) is 12.1 Å². The van der Waals surface area contributed by atoms with E-state index in [0.717, 1.165) is 35.5 Å². The molecule has 0 radical (unpaired) electrons. The molecule has 6 nitrogen and oxygen atoms in total. The summed E-state index contributed by atoms with van der Waals surface area (Å²) in [6.07, 6.45) is 1.85. The number of benzene rings is 2. The summed E-state index contributed by atoms with van der Waals surface area (Å²) >= 11 is 0. The van der Waals surface area contributed by atoms with Gasteiger partial charge < -0.3 is 19.7 Å². The first-order chi connectivity index (χ1) is 13.5. The maximum atomic E-state index is 13.1. The van der Waals surface area contributed by atoms with Gasteiger partial charge in [-0.25, -0.2) is 0 Å². The van der Waals surface area contributed by atoms with Gasteiger partial charge in [0, 0.05) is 37.2 Å². The molecule has 1 saturated heterocycles. The third-order valence-corrected chi connectivity index (χ3v) is 5.06. The Bertz CT molecular complexity index is 848. The lowest BCUT2D eigenvalue weighted by atomic mass is 10.0. The minimum atomic E-state index is -0.0755. The maximum Gasteiger partial charge on any atom is 0.254 e. The summed E-state index contributed by atoms with van der Waals surface area (Å²) in [6, 6.07) is 13.1. The fraction of sp³-hybridized carbons (Fsp3) is 0.364. The Hall–Kier alpha value is -3.02. The number of amides is 2. The number of rotatable bonds is 6. The number of methoxy groups -OCH3 is 2. The largest absolute Gasteiger partial charge is 0.497 e. The van der Waals surface area contributed by atoms with Gasteiger partial charge in [0.25, 0.3) is 5.91 Å². The normalized spacial score (nSPS) is 16.0. The van der Waals surface area contributed by atoms with E-state index in [1.807, 2.05) is 47.4 Å². The quantitative estimate of drug-likeness (QED) is 0.832. The van der Waals surface area contributed by atoms with Gasteiger partial charge in [0.2, 0.25) is 5.91 Å². The summed E-state index contributed by atoms with van der Waals surface area (Å²) in [6.45, 7) is 2.66. The second-order valence-electron chi connectivity index (χ2n) is 6.87. The third-order valence-electron chi connectivity index (χ3n) is 5.06. The summed E-state index contributed by atoms with van der Waals surface area (Å²) in [5, 5.41) is 2.76. The summed E-state index contributed by atoms with van der Waals surface area (Å²) in [5.41, 5.74) is 2.60. The van der Waals surface area contributed by atoms with E-state index in [4.69, 9.17) is 9.47 Å². The van der Waals surface area contributed by atoms with Gasteiger partial charge in [0.05, 0.1) is 20.3 Å². The highest BCUT2D eigenvalue weighted by molar-refractivity contribution is 5.94. The van der Waals surface area contributed by atoms with Gasteiger partial charge in [0.15, 0.2) is 0 Å². The predicted octanol–water partition coefficient (Wildman–Crippen LogP) is 3.32. The zero-order valence-electron chi connectivity index (χ0n) is 16.5. The van der Waals surface area contributed by atoms with E-state index in [9.17, 15) is 9.59 Å². The molecule has 1 N–H and O–H groups in total. The van der Waals surface area contributed by atoms with Crippen LogP contribution in [0.1, 0.15) is 47.3 Å². The molecule has 0 saturated carbocycles. The molecule has 1 aliphatic heterocycles. The van der Waals surface area contributed by atoms with E-state index in [2.05, 4.69) is 5.32 Å². The molecule has 1 atom stereocenters. The highest BCUT2D eigenvalue weighted by Crippen LogP contribution is 2.39. The van der Waals surface area contributed by atoms with Crippen LogP contribution in [0.3, 0.4) is 0 Å². The van der Waals surface area contributed by atoms with Crippen LogP contribution in [0.4, 0.5) is 0 Å². The predicted molar refractivity (Wildman–Crippen MR) is 107 cm³/mol. The van der Waals surface area contributed by atoms with E-state index in [-0.39, 0.29) is 17.9 Å². The molecule has 1 heterocycles. The molecule has 0 aliphatic carbocycles. The van der Waals surface area contributed by atoms with Crippen molar-refractivity contribution in [3.05, 3.63) is 59.2 Å².